The predicted molar refractivity (Wildman–Crippen MR) is 84.6 cm³/mol. The van der Waals surface area contributed by atoms with Crippen LogP contribution in [0.3, 0.4) is 0 Å². The van der Waals surface area contributed by atoms with E-state index in [0.717, 1.165) is 22.0 Å². The van der Waals surface area contributed by atoms with Crippen LogP contribution in [0.1, 0.15) is 22.8 Å². The van der Waals surface area contributed by atoms with Crippen LogP contribution in [-0.4, -0.2) is 12.6 Å². The predicted octanol–water partition coefficient (Wildman–Crippen LogP) is 3.77. The van der Waals surface area contributed by atoms with Crippen molar-refractivity contribution in [2.24, 2.45) is 5.73 Å². The number of halogens is 2. The van der Waals surface area contributed by atoms with Crippen molar-refractivity contribution in [2.75, 3.05) is 6.61 Å². The maximum Gasteiger partial charge on any atom is 0.124 e. The van der Waals surface area contributed by atoms with Crippen LogP contribution in [0.2, 0.25) is 0 Å². The van der Waals surface area contributed by atoms with Crippen molar-refractivity contribution in [3.05, 3.63) is 69.4 Å². The van der Waals surface area contributed by atoms with Gasteiger partial charge in [-0.1, -0.05) is 40.2 Å². The summed E-state index contributed by atoms with van der Waals surface area (Å²) >= 11 is 3.31. The Bertz CT molecular complexity index is 626. The molecule has 0 saturated heterocycles. The fourth-order valence-corrected chi connectivity index (χ4v) is 3.40. The van der Waals surface area contributed by atoms with E-state index in [0.29, 0.717) is 13.0 Å². The van der Waals surface area contributed by atoms with Crippen LogP contribution in [0.15, 0.2) is 46.9 Å². The fraction of sp³-hybridized carbons (Fsp3) is 0.294. The summed E-state index contributed by atoms with van der Waals surface area (Å²) in [4.78, 5) is 0. The molecule has 0 fully saturated rings. The standard InChI is InChI=1S/C17H17BrFNO/c18-13-7-11(8-14(19)10-13)9-16(20)17-15-4-2-1-3-12(15)5-6-21-17/h1-4,7-8,10,16-17H,5-6,9,20H2. The van der Waals surface area contributed by atoms with Crippen LogP contribution < -0.4 is 5.73 Å². The molecule has 0 saturated carbocycles. The van der Waals surface area contributed by atoms with Gasteiger partial charge in [0.1, 0.15) is 5.82 Å². The van der Waals surface area contributed by atoms with E-state index < -0.39 is 0 Å². The maximum atomic E-state index is 13.5. The lowest BCUT2D eigenvalue weighted by atomic mass is 9.91. The minimum atomic E-state index is -0.253. The molecule has 2 aromatic carbocycles. The first-order chi connectivity index (χ1) is 10.1. The van der Waals surface area contributed by atoms with E-state index in [1.165, 1.54) is 17.7 Å². The van der Waals surface area contributed by atoms with Gasteiger partial charge in [-0.15, -0.1) is 0 Å². The number of ether oxygens (including phenoxy) is 1. The first-order valence-corrected chi connectivity index (χ1v) is 7.83. The zero-order valence-corrected chi connectivity index (χ0v) is 13.1. The third-order valence-corrected chi connectivity index (χ3v) is 4.27. The van der Waals surface area contributed by atoms with E-state index in [-0.39, 0.29) is 18.0 Å². The molecule has 2 N–H and O–H groups in total. The summed E-state index contributed by atoms with van der Waals surface area (Å²) < 4.78 is 20.1. The molecule has 0 amide bonds. The van der Waals surface area contributed by atoms with Crippen LogP contribution >= 0.6 is 15.9 Å². The average molecular weight is 350 g/mol. The summed E-state index contributed by atoms with van der Waals surface area (Å²) in [6.07, 6.45) is 1.37. The van der Waals surface area contributed by atoms with Crippen molar-refractivity contribution >= 4 is 15.9 Å². The highest BCUT2D eigenvalue weighted by atomic mass is 79.9. The van der Waals surface area contributed by atoms with E-state index >= 15 is 0 Å². The average Bonchev–Trinajstić information content (AvgIpc) is 2.45. The van der Waals surface area contributed by atoms with E-state index in [2.05, 4.69) is 28.1 Å². The van der Waals surface area contributed by atoms with Gasteiger partial charge in [-0.2, -0.15) is 0 Å². The molecule has 110 valence electrons. The minimum Gasteiger partial charge on any atom is -0.372 e. The molecule has 4 heteroatoms. The quantitative estimate of drug-likeness (QED) is 0.915. The molecule has 1 heterocycles. The topological polar surface area (TPSA) is 35.2 Å². The van der Waals surface area contributed by atoms with E-state index in [9.17, 15) is 4.39 Å². The second kappa shape index (κ2) is 6.26. The van der Waals surface area contributed by atoms with Gasteiger partial charge in [-0.05, 0) is 47.7 Å². The summed E-state index contributed by atoms with van der Waals surface area (Å²) in [6, 6.07) is 12.9. The molecule has 21 heavy (non-hydrogen) atoms. The van der Waals surface area contributed by atoms with Crippen molar-refractivity contribution < 1.29 is 9.13 Å². The lowest BCUT2D eigenvalue weighted by Gasteiger charge is -2.30. The van der Waals surface area contributed by atoms with Gasteiger partial charge in [0.2, 0.25) is 0 Å². The monoisotopic (exact) mass is 349 g/mol. The molecule has 1 aliphatic heterocycles. The molecule has 0 aromatic heterocycles. The maximum absolute atomic E-state index is 13.5. The Kier molecular flexibility index (Phi) is 4.38. The SMILES string of the molecule is NC(Cc1cc(F)cc(Br)c1)C1OCCc2ccccc21. The molecule has 0 aliphatic carbocycles. The molecule has 1 aliphatic rings. The summed E-state index contributed by atoms with van der Waals surface area (Å²) in [5.41, 5.74) is 9.66. The summed E-state index contributed by atoms with van der Waals surface area (Å²) in [7, 11) is 0. The molecule has 0 bridgehead atoms. The largest absolute Gasteiger partial charge is 0.372 e. The van der Waals surface area contributed by atoms with Gasteiger partial charge in [0.15, 0.2) is 0 Å². The smallest absolute Gasteiger partial charge is 0.124 e. The molecule has 2 unspecified atom stereocenters. The number of benzene rings is 2. The van der Waals surface area contributed by atoms with Gasteiger partial charge in [-0.3, -0.25) is 0 Å². The molecule has 2 atom stereocenters. The van der Waals surface area contributed by atoms with Gasteiger partial charge in [0.25, 0.3) is 0 Å². The van der Waals surface area contributed by atoms with Crippen molar-refractivity contribution in [3.8, 4) is 0 Å². The Morgan fingerprint density at radius 1 is 1.29 bits per heavy atom. The third kappa shape index (κ3) is 3.34. The number of rotatable bonds is 3. The molecule has 0 spiro atoms. The number of nitrogens with two attached hydrogens (primary N) is 1. The normalized spacial score (nSPS) is 19.1. The van der Waals surface area contributed by atoms with E-state index in [1.807, 2.05) is 18.2 Å². The molecular formula is C17H17BrFNO. The van der Waals surface area contributed by atoms with Gasteiger partial charge in [-0.25, -0.2) is 4.39 Å². The Hall–Kier alpha value is -1.23. The van der Waals surface area contributed by atoms with Crippen LogP contribution in [-0.2, 0) is 17.6 Å². The molecule has 3 rings (SSSR count). The summed E-state index contributed by atoms with van der Waals surface area (Å²) in [5, 5.41) is 0. The van der Waals surface area contributed by atoms with Gasteiger partial charge in [0, 0.05) is 10.5 Å². The molecule has 2 nitrogen and oxygen atoms in total. The molecule has 0 radical (unpaired) electrons. The zero-order valence-electron chi connectivity index (χ0n) is 11.6. The first-order valence-electron chi connectivity index (χ1n) is 7.03. The highest BCUT2D eigenvalue weighted by molar-refractivity contribution is 9.10. The fourth-order valence-electron chi connectivity index (χ4n) is 2.89. The highest BCUT2D eigenvalue weighted by Crippen LogP contribution is 2.30. The third-order valence-electron chi connectivity index (χ3n) is 3.81. The van der Waals surface area contributed by atoms with Crippen LogP contribution in [0.4, 0.5) is 4.39 Å². The van der Waals surface area contributed by atoms with Crippen molar-refractivity contribution in [2.45, 2.75) is 25.0 Å². The number of hydrogen-bond acceptors (Lipinski definition) is 2. The summed E-state index contributed by atoms with van der Waals surface area (Å²) in [6.45, 7) is 0.683. The number of hydrogen-bond donors (Lipinski definition) is 1. The lowest BCUT2D eigenvalue weighted by Crippen LogP contribution is -2.35. The van der Waals surface area contributed by atoms with Gasteiger partial charge in [0.05, 0.1) is 12.7 Å². The Morgan fingerprint density at radius 3 is 2.90 bits per heavy atom. The van der Waals surface area contributed by atoms with E-state index in [1.54, 1.807) is 0 Å². The Labute approximate surface area is 132 Å². The lowest BCUT2D eigenvalue weighted by molar-refractivity contribution is 0.0246. The zero-order chi connectivity index (χ0) is 14.8. The minimum absolute atomic E-state index is 0.128. The van der Waals surface area contributed by atoms with E-state index in [4.69, 9.17) is 10.5 Å². The Morgan fingerprint density at radius 2 is 2.10 bits per heavy atom. The van der Waals surface area contributed by atoms with Crippen LogP contribution in [0, 0.1) is 5.82 Å². The van der Waals surface area contributed by atoms with Crippen molar-refractivity contribution in [3.63, 3.8) is 0 Å². The molecular weight excluding hydrogens is 333 g/mol. The van der Waals surface area contributed by atoms with Crippen LogP contribution in [0.25, 0.3) is 0 Å². The second-order valence-corrected chi connectivity index (χ2v) is 6.30. The van der Waals surface area contributed by atoms with Gasteiger partial charge >= 0.3 is 0 Å². The van der Waals surface area contributed by atoms with Crippen molar-refractivity contribution in [1.29, 1.82) is 0 Å². The Balaban J connectivity index is 1.81. The first kappa shape index (κ1) is 14.7. The molecule has 2 aromatic rings. The highest BCUT2D eigenvalue weighted by Gasteiger charge is 2.26. The van der Waals surface area contributed by atoms with Crippen LogP contribution in [0.5, 0.6) is 0 Å². The number of fused-ring (bicyclic) bond motifs is 1. The van der Waals surface area contributed by atoms with Crippen molar-refractivity contribution in [1.82, 2.24) is 0 Å². The summed E-state index contributed by atoms with van der Waals surface area (Å²) in [5.74, 6) is -0.253. The van der Waals surface area contributed by atoms with Gasteiger partial charge < -0.3 is 10.5 Å². The second-order valence-electron chi connectivity index (χ2n) is 5.39.